The summed E-state index contributed by atoms with van der Waals surface area (Å²) in [6, 6.07) is 5.96. The molecule has 0 aliphatic heterocycles. The van der Waals surface area contributed by atoms with E-state index in [2.05, 4.69) is 0 Å². The maximum absolute atomic E-state index is 12.9. The Balaban J connectivity index is 2.13. The molecule has 1 aromatic carbocycles. The highest BCUT2D eigenvalue weighted by Gasteiger charge is 2.41. The van der Waals surface area contributed by atoms with Gasteiger partial charge in [0, 0.05) is 18.8 Å². The van der Waals surface area contributed by atoms with E-state index in [1.165, 1.54) is 17.0 Å². The van der Waals surface area contributed by atoms with Crippen LogP contribution in [-0.4, -0.2) is 19.0 Å². The number of hydrogen-bond acceptors (Lipinski definition) is 2. The van der Waals surface area contributed by atoms with Gasteiger partial charge in [0.2, 0.25) is 5.91 Å². The van der Waals surface area contributed by atoms with E-state index in [4.69, 9.17) is 5.73 Å². The third-order valence-electron chi connectivity index (χ3n) is 2.68. The van der Waals surface area contributed by atoms with Crippen molar-refractivity contribution >= 4 is 11.6 Å². The minimum Gasteiger partial charge on any atom is -0.327 e. The van der Waals surface area contributed by atoms with Crippen molar-refractivity contribution in [2.75, 3.05) is 11.9 Å². The molecule has 0 bridgehead atoms. The second-order valence-electron chi connectivity index (χ2n) is 3.88. The molecule has 1 saturated carbocycles. The van der Waals surface area contributed by atoms with Gasteiger partial charge in [-0.25, -0.2) is 4.39 Å². The zero-order valence-electron chi connectivity index (χ0n) is 8.48. The van der Waals surface area contributed by atoms with Crippen molar-refractivity contribution < 1.29 is 9.18 Å². The Hall–Kier alpha value is -1.42. The first-order valence-corrected chi connectivity index (χ1v) is 4.88. The molecule has 3 nitrogen and oxygen atoms in total. The van der Waals surface area contributed by atoms with E-state index in [0.717, 1.165) is 6.42 Å². The largest absolute Gasteiger partial charge is 0.327 e. The van der Waals surface area contributed by atoms with E-state index in [-0.39, 0.29) is 23.7 Å². The molecule has 80 valence electrons. The molecule has 4 heteroatoms. The Bertz CT molecular complexity index is 394. The predicted octanol–water partition coefficient (Wildman–Crippen LogP) is 1.14. The fraction of sp³-hybridized carbons (Fsp3) is 0.364. The summed E-state index contributed by atoms with van der Waals surface area (Å²) in [6.45, 7) is 0. The molecule has 2 N–H and O–H groups in total. The highest BCUT2D eigenvalue weighted by Crippen LogP contribution is 2.31. The molecule has 0 spiro atoms. The van der Waals surface area contributed by atoms with Gasteiger partial charge in [-0.15, -0.1) is 0 Å². The van der Waals surface area contributed by atoms with Crippen molar-refractivity contribution in [2.24, 2.45) is 11.7 Å². The summed E-state index contributed by atoms with van der Waals surface area (Å²) in [5, 5.41) is 0. The van der Waals surface area contributed by atoms with Crippen LogP contribution in [0.1, 0.15) is 6.42 Å². The van der Waals surface area contributed by atoms with Gasteiger partial charge in [0.15, 0.2) is 0 Å². The van der Waals surface area contributed by atoms with Crippen molar-refractivity contribution in [3.63, 3.8) is 0 Å². The van der Waals surface area contributed by atoms with Gasteiger partial charge in [-0.2, -0.15) is 0 Å². The van der Waals surface area contributed by atoms with Crippen molar-refractivity contribution in [1.82, 2.24) is 0 Å². The molecule has 2 atom stereocenters. The van der Waals surface area contributed by atoms with Crippen molar-refractivity contribution in [1.29, 1.82) is 0 Å². The highest BCUT2D eigenvalue weighted by atomic mass is 19.1. The van der Waals surface area contributed by atoms with Gasteiger partial charge in [-0.05, 0) is 24.6 Å². The lowest BCUT2D eigenvalue weighted by Gasteiger charge is -2.17. The lowest BCUT2D eigenvalue weighted by atomic mass is 10.2. The predicted molar refractivity (Wildman–Crippen MR) is 55.9 cm³/mol. The van der Waals surface area contributed by atoms with Crippen LogP contribution in [0.5, 0.6) is 0 Å². The van der Waals surface area contributed by atoms with Crippen LogP contribution >= 0.6 is 0 Å². The van der Waals surface area contributed by atoms with Crippen LogP contribution in [0.4, 0.5) is 10.1 Å². The van der Waals surface area contributed by atoms with Gasteiger partial charge in [0.05, 0.1) is 5.92 Å². The van der Waals surface area contributed by atoms with Crippen LogP contribution in [0.25, 0.3) is 0 Å². The molecule has 1 aliphatic rings. The molecule has 2 unspecified atom stereocenters. The minimum absolute atomic E-state index is 0.0199. The fourth-order valence-electron chi connectivity index (χ4n) is 1.56. The Morgan fingerprint density at radius 2 is 2.27 bits per heavy atom. The third kappa shape index (κ3) is 1.99. The standard InChI is InChI=1S/C11H13FN2O/c1-14(11(15)9-6-10(9)13)8-4-2-3-7(12)5-8/h2-5,9-10H,6,13H2,1H3. The van der Waals surface area contributed by atoms with Gasteiger partial charge in [-0.1, -0.05) is 6.07 Å². The second kappa shape index (κ2) is 3.62. The zero-order valence-corrected chi connectivity index (χ0v) is 8.48. The first-order chi connectivity index (χ1) is 7.09. The number of rotatable bonds is 2. The molecule has 2 rings (SSSR count). The van der Waals surface area contributed by atoms with E-state index in [1.54, 1.807) is 19.2 Å². The quantitative estimate of drug-likeness (QED) is 0.792. The van der Waals surface area contributed by atoms with Crippen molar-refractivity contribution in [3.05, 3.63) is 30.1 Å². The summed E-state index contributed by atoms with van der Waals surface area (Å²) in [4.78, 5) is 13.2. The first kappa shape index (κ1) is 10.1. The molecular formula is C11H13FN2O. The van der Waals surface area contributed by atoms with E-state index in [0.29, 0.717) is 5.69 Å². The van der Waals surface area contributed by atoms with Crippen LogP contribution in [0.15, 0.2) is 24.3 Å². The van der Waals surface area contributed by atoms with Crippen LogP contribution in [0.2, 0.25) is 0 Å². The first-order valence-electron chi connectivity index (χ1n) is 4.88. The number of benzene rings is 1. The number of nitrogens with zero attached hydrogens (tertiary/aromatic N) is 1. The van der Waals surface area contributed by atoms with E-state index >= 15 is 0 Å². The van der Waals surface area contributed by atoms with E-state index in [1.807, 2.05) is 0 Å². The third-order valence-corrected chi connectivity index (χ3v) is 2.68. The average molecular weight is 208 g/mol. The number of hydrogen-bond donors (Lipinski definition) is 1. The van der Waals surface area contributed by atoms with E-state index < -0.39 is 0 Å². The SMILES string of the molecule is CN(C(=O)C1CC1N)c1cccc(F)c1. The Morgan fingerprint density at radius 3 is 2.80 bits per heavy atom. The summed E-state index contributed by atoms with van der Waals surface area (Å²) in [5.41, 5.74) is 6.16. The number of halogens is 1. The Kier molecular flexibility index (Phi) is 2.44. The Labute approximate surface area is 87.7 Å². The van der Waals surface area contributed by atoms with Crippen LogP contribution < -0.4 is 10.6 Å². The molecule has 0 saturated heterocycles. The van der Waals surface area contributed by atoms with Gasteiger partial charge in [0.25, 0.3) is 0 Å². The molecule has 1 amide bonds. The molecular weight excluding hydrogens is 195 g/mol. The van der Waals surface area contributed by atoms with E-state index in [9.17, 15) is 9.18 Å². The Morgan fingerprint density at radius 1 is 1.60 bits per heavy atom. The summed E-state index contributed by atoms with van der Waals surface area (Å²) in [5.74, 6) is -0.460. The molecule has 0 aromatic heterocycles. The maximum atomic E-state index is 12.9. The second-order valence-corrected chi connectivity index (χ2v) is 3.88. The van der Waals surface area contributed by atoms with Crippen LogP contribution in [0.3, 0.4) is 0 Å². The molecule has 0 radical (unpaired) electrons. The lowest BCUT2D eigenvalue weighted by molar-refractivity contribution is -0.119. The number of anilines is 1. The van der Waals surface area contributed by atoms with Gasteiger partial charge in [-0.3, -0.25) is 4.79 Å². The highest BCUT2D eigenvalue weighted by molar-refractivity contribution is 5.96. The van der Waals surface area contributed by atoms with Crippen molar-refractivity contribution in [3.8, 4) is 0 Å². The summed E-state index contributed by atoms with van der Waals surface area (Å²) < 4.78 is 12.9. The molecule has 1 fully saturated rings. The van der Waals surface area contributed by atoms with Gasteiger partial charge in [0.1, 0.15) is 5.82 Å². The van der Waals surface area contributed by atoms with Crippen LogP contribution in [-0.2, 0) is 4.79 Å². The number of carbonyl (C=O) groups excluding carboxylic acids is 1. The summed E-state index contributed by atoms with van der Waals surface area (Å²) in [6.07, 6.45) is 0.735. The number of amides is 1. The number of nitrogens with two attached hydrogens (primary N) is 1. The van der Waals surface area contributed by atoms with Crippen molar-refractivity contribution in [2.45, 2.75) is 12.5 Å². The monoisotopic (exact) mass is 208 g/mol. The maximum Gasteiger partial charge on any atom is 0.231 e. The smallest absolute Gasteiger partial charge is 0.231 e. The average Bonchev–Trinajstić information content (AvgIpc) is 2.93. The molecule has 1 aromatic rings. The lowest BCUT2D eigenvalue weighted by Crippen LogP contribution is -2.29. The summed E-state index contributed by atoms with van der Waals surface area (Å²) >= 11 is 0. The minimum atomic E-state index is -0.341. The molecule has 0 heterocycles. The zero-order chi connectivity index (χ0) is 11.0. The molecule has 1 aliphatic carbocycles. The normalized spacial score (nSPS) is 23.7. The summed E-state index contributed by atoms with van der Waals surface area (Å²) in [7, 11) is 1.64. The molecule has 15 heavy (non-hydrogen) atoms. The van der Waals surface area contributed by atoms with Gasteiger partial charge >= 0.3 is 0 Å². The topological polar surface area (TPSA) is 46.3 Å². The van der Waals surface area contributed by atoms with Gasteiger partial charge < -0.3 is 10.6 Å². The van der Waals surface area contributed by atoms with Crippen LogP contribution in [0, 0.1) is 11.7 Å². The number of carbonyl (C=O) groups is 1. The fourth-order valence-corrected chi connectivity index (χ4v) is 1.56.